The van der Waals surface area contributed by atoms with E-state index in [1.165, 1.54) is 12.5 Å². The van der Waals surface area contributed by atoms with E-state index in [2.05, 4.69) is 10.4 Å². The zero-order valence-electron chi connectivity index (χ0n) is 7.64. The molecule has 76 valence electrons. The lowest BCUT2D eigenvalue weighted by Crippen LogP contribution is -3.13. The molecule has 0 saturated heterocycles. The number of nitrogens with zero attached hydrogens (tertiary/aromatic N) is 1. The number of sulfone groups is 1. The molecule has 2 aliphatic heterocycles. The molecule has 0 spiro atoms. The summed E-state index contributed by atoms with van der Waals surface area (Å²) in [5, 5.41) is 0.801. The summed E-state index contributed by atoms with van der Waals surface area (Å²) in [4.78, 5) is 4.15. The molecule has 1 atom stereocenters. The van der Waals surface area contributed by atoms with Crippen LogP contribution in [0.25, 0.3) is 0 Å². The maximum absolute atomic E-state index is 12.1. The lowest BCUT2D eigenvalue weighted by atomic mass is 10.3. The smallest absolute Gasteiger partial charge is 0.225 e. The van der Waals surface area contributed by atoms with Crippen molar-refractivity contribution in [2.75, 3.05) is 5.43 Å². The molecular weight excluding hydrogens is 214 g/mol. The fraction of sp³-hybridized carbons (Fsp3) is 0. The maximum Gasteiger partial charge on any atom is 0.277 e. The van der Waals surface area contributed by atoms with Crippen LogP contribution in [0.2, 0.25) is 0 Å². The Kier molecular flexibility index (Phi) is 1.54. The molecule has 0 aromatic heterocycles. The van der Waals surface area contributed by atoms with Crippen molar-refractivity contribution in [2.45, 2.75) is 4.90 Å². The molecule has 0 radical (unpaired) electrons. The summed E-state index contributed by atoms with van der Waals surface area (Å²) < 4.78 is 24.2. The highest BCUT2D eigenvalue weighted by atomic mass is 32.2. The fourth-order valence-electron chi connectivity index (χ4n) is 1.69. The summed E-state index contributed by atoms with van der Waals surface area (Å²) in [6.07, 6.45) is 2.89. The SMILES string of the molecule is O=S1(=O)C2=CN=C[NH+]2Nc2ccccc21. The van der Waals surface area contributed by atoms with E-state index in [0.717, 1.165) is 0 Å². The minimum absolute atomic E-state index is 0.251. The van der Waals surface area contributed by atoms with Crippen molar-refractivity contribution in [3.63, 3.8) is 0 Å². The largest absolute Gasteiger partial charge is 0.277 e. The molecule has 6 heteroatoms. The minimum Gasteiger partial charge on any atom is -0.225 e. The van der Waals surface area contributed by atoms with E-state index in [4.69, 9.17) is 0 Å². The molecule has 15 heavy (non-hydrogen) atoms. The Morgan fingerprint density at radius 3 is 2.93 bits per heavy atom. The van der Waals surface area contributed by atoms with Crippen LogP contribution < -0.4 is 10.4 Å². The fourth-order valence-corrected chi connectivity index (χ4v) is 3.18. The number of hydrogen-bond donors (Lipinski definition) is 2. The molecule has 3 rings (SSSR count). The number of anilines is 1. The van der Waals surface area contributed by atoms with Gasteiger partial charge in [0.15, 0.2) is 0 Å². The Hall–Kier alpha value is -1.66. The van der Waals surface area contributed by atoms with Crippen molar-refractivity contribution in [1.29, 1.82) is 0 Å². The van der Waals surface area contributed by atoms with E-state index in [9.17, 15) is 8.42 Å². The number of quaternary nitrogens is 1. The summed E-state index contributed by atoms with van der Waals surface area (Å²) in [5.74, 6) is 0. The van der Waals surface area contributed by atoms with Gasteiger partial charge in [-0.2, -0.15) is 0 Å². The minimum atomic E-state index is -3.38. The van der Waals surface area contributed by atoms with E-state index in [0.29, 0.717) is 15.6 Å². The molecule has 0 aliphatic carbocycles. The van der Waals surface area contributed by atoms with Crippen LogP contribution in [0.15, 0.2) is 45.4 Å². The normalized spacial score (nSPS) is 25.1. The highest BCUT2D eigenvalue weighted by molar-refractivity contribution is 7.95. The van der Waals surface area contributed by atoms with E-state index < -0.39 is 9.84 Å². The number of hydrogen-bond acceptors (Lipinski definition) is 4. The molecule has 1 aromatic carbocycles. The number of aliphatic imine (C=N–C) groups is 1. The van der Waals surface area contributed by atoms with Gasteiger partial charge >= 0.3 is 0 Å². The first-order valence-corrected chi connectivity index (χ1v) is 5.90. The third-order valence-electron chi connectivity index (χ3n) is 2.40. The lowest BCUT2D eigenvalue weighted by molar-refractivity contribution is -0.716. The monoisotopic (exact) mass is 222 g/mol. The molecular formula is C9H8N3O2S+. The van der Waals surface area contributed by atoms with Gasteiger partial charge in [0.1, 0.15) is 16.8 Å². The van der Waals surface area contributed by atoms with Gasteiger partial charge in [-0.05, 0) is 12.1 Å². The maximum atomic E-state index is 12.1. The van der Waals surface area contributed by atoms with Crippen molar-refractivity contribution >= 4 is 21.9 Å². The zero-order chi connectivity index (χ0) is 10.5. The van der Waals surface area contributed by atoms with Crippen LogP contribution in [0.4, 0.5) is 5.69 Å². The number of nitrogens with one attached hydrogen (secondary N) is 2. The van der Waals surface area contributed by atoms with E-state index >= 15 is 0 Å². The van der Waals surface area contributed by atoms with E-state index in [1.54, 1.807) is 24.3 Å². The second-order valence-electron chi connectivity index (χ2n) is 3.31. The van der Waals surface area contributed by atoms with E-state index in [1.807, 2.05) is 0 Å². The summed E-state index contributed by atoms with van der Waals surface area (Å²) in [6.45, 7) is 0. The molecule has 0 bridgehead atoms. The lowest BCUT2D eigenvalue weighted by Gasteiger charge is -2.21. The molecule has 0 amide bonds. The van der Waals surface area contributed by atoms with Crippen LogP contribution in [0.3, 0.4) is 0 Å². The zero-order valence-corrected chi connectivity index (χ0v) is 8.45. The van der Waals surface area contributed by atoms with Gasteiger partial charge in [0.2, 0.25) is 6.34 Å². The van der Waals surface area contributed by atoms with Gasteiger partial charge in [-0.3, -0.25) is 0 Å². The van der Waals surface area contributed by atoms with Gasteiger partial charge in [0.25, 0.3) is 14.9 Å². The van der Waals surface area contributed by atoms with Gasteiger partial charge in [-0.25, -0.2) is 18.8 Å². The standard InChI is InChI=1S/C9H7N3O2S/c13-15(14)8-4-2-1-3-7(8)11-12-6-10-5-9(12)15/h1-6,11H/p+1. The highest BCUT2D eigenvalue weighted by Crippen LogP contribution is 2.27. The topological polar surface area (TPSA) is 63.0 Å². The first-order valence-electron chi connectivity index (χ1n) is 4.41. The predicted octanol–water partition coefficient (Wildman–Crippen LogP) is -0.474. The third-order valence-corrected chi connectivity index (χ3v) is 4.24. The Morgan fingerprint density at radius 1 is 1.27 bits per heavy atom. The predicted molar refractivity (Wildman–Crippen MR) is 54.8 cm³/mol. The molecule has 1 unspecified atom stereocenters. The summed E-state index contributed by atoms with van der Waals surface area (Å²) in [5.41, 5.74) is 3.64. The van der Waals surface area contributed by atoms with Crippen molar-refractivity contribution in [3.05, 3.63) is 35.5 Å². The van der Waals surface area contributed by atoms with Crippen LogP contribution >= 0.6 is 0 Å². The van der Waals surface area contributed by atoms with Crippen molar-refractivity contribution in [2.24, 2.45) is 4.99 Å². The summed E-state index contributed by atoms with van der Waals surface area (Å²) in [6, 6.07) is 6.83. The second-order valence-corrected chi connectivity index (χ2v) is 5.20. The molecule has 0 saturated carbocycles. The average Bonchev–Trinajstić information content (AvgIpc) is 2.67. The molecule has 2 aliphatic rings. The van der Waals surface area contributed by atoms with Crippen molar-refractivity contribution < 1.29 is 13.4 Å². The van der Waals surface area contributed by atoms with E-state index in [-0.39, 0.29) is 5.03 Å². The van der Waals surface area contributed by atoms with Crippen molar-refractivity contribution in [1.82, 2.24) is 0 Å². The third kappa shape index (κ3) is 1.06. The summed E-state index contributed by atoms with van der Waals surface area (Å²) >= 11 is 0. The highest BCUT2D eigenvalue weighted by Gasteiger charge is 2.39. The Bertz CT molecular complexity index is 589. The van der Waals surface area contributed by atoms with Crippen molar-refractivity contribution in [3.8, 4) is 0 Å². The number of fused-ring (bicyclic) bond motifs is 2. The molecule has 2 N–H and O–H groups in total. The van der Waals surface area contributed by atoms with Gasteiger partial charge in [0.05, 0.1) is 0 Å². The first-order chi connectivity index (χ1) is 7.19. The number of para-hydroxylation sites is 1. The number of rotatable bonds is 0. The van der Waals surface area contributed by atoms with Crippen LogP contribution in [0.5, 0.6) is 0 Å². The van der Waals surface area contributed by atoms with Gasteiger partial charge in [-0.15, -0.1) is 5.01 Å². The van der Waals surface area contributed by atoms with Crippen LogP contribution in [-0.4, -0.2) is 14.8 Å². The van der Waals surface area contributed by atoms with Gasteiger partial charge in [0, 0.05) is 0 Å². The van der Waals surface area contributed by atoms with Gasteiger partial charge < -0.3 is 0 Å². The molecule has 0 fully saturated rings. The first kappa shape index (κ1) is 8.63. The van der Waals surface area contributed by atoms with Gasteiger partial charge in [-0.1, -0.05) is 12.1 Å². The Balaban J connectivity index is 2.31. The average molecular weight is 222 g/mol. The molecule has 5 nitrogen and oxygen atoms in total. The molecule has 1 aromatic rings. The number of benzene rings is 1. The van der Waals surface area contributed by atoms with Crippen LogP contribution in [0.1, 0.15) is 0 Å². The summed E-state index contributed by atoms with van der Waals surface area (Å²) in [7, 11) is -3.38. The van der Waals surface area contributed by atoms with Crippen LogP contribution in [-0.2, 0) is 9.84 Å². The molecule has 2 heterocycles. The quantitative estimate of drug-likeness (QED) is 0.623. The second kappa shape index (κ2) is 2.68. The Labute approximate surface area is 86.6 Å². The van der Waals surface area contributed by atoms with Crippen LogP contribution in [0, 0.1) is 0 Å². The Morgan fingerprint density at radius 2 is 2.07 bits per heavy atom.